The smallest absolute Gasteiger partial charge is 0.275 e. The van der Waals surface area contributed by atoms with E-state index < -0.39 is 38.9 Å². The van der Waals surface area contributed by atoms with Crippen molar-refractivity contribution < 1.29 is 34.8 Å². The first-order chi connectivity index (χ1) is 17.2. The van der Waals surface area contributed by atoms with Crippen LogP contribution in [0.4, 0.5) is 26.3 Å². The average molecular weight is 540 g/mol. The van der Waals surface area contributed by atoms with Crippen molar-refractivity contribution in [1.82, 2.24) is 24.2 Å². The normalized spacial score (nSPS) is 13.5. The summed E-state index contributed by atoms with van der Waals surface area (Å²) >= 11 is 0. The van der Waals surface area contributed by atoms with Gasteiger partial charge in [0.2, 0.25) is 10.0 Å². The standard InChI is InChI=1S/C22H14F6N6O2S/c1-12(21(23,24)25)33-37(35,36)14-5-6-17(31-11-14)19-16(9-29)15-8-13(22(26,27)28)10-32-20(15)34(19)18-4-2-3-7-30-18/h2-8,10-12,33H,1H3/t12-/m0/s1. The van der Waals surface area contributed by atoms with Gasteiger partial charge in [-0.15, -0.1) is 0 Å². The Bertz CT molecular complexity index is 1610. The van der Waals surface area contributed by atoms with Gasteiger partial charge >= 0.3 is 12.4 Å². The molecule has 1 N–H and O–H groups in total. The molecule has 0 fully saturated rings. The van der Waals surface area contributed by atoms with Crippen LogP contribution in [0.25, 0.3) is 28.2 Å². The van der Waals surface area contributed by atoms with Crippen LogP contribution in [0.5, 0.6) is 0 Å². The molecule has 1 atom stereocenters. The number of sulfonamides is 1. The summed E-state index contributed by atoms with van der Waals surface area (Å²) in [5.41, 5.74) is -1.48. The van der Waals surface area contributed by atoms with Crippen LogP contribution in [0, 0.1) is 11.3 Å². The van der Waals surface area contributed by atoms with E-state index in [1.165, 1.54) is 21.6 Å². The van der Waals surface area contributed by atoms with Crippen molar-refractivity contribution in [3.63, 3.8) is 0 Å². The number of hydrogen-bond acceptors (Lipinski definition) is 6. The van der Waals surface area contributed by atoms with Crippen molar-refractivity contribution in [2.24, 2.45) is 0 Å². The van der Waals surface area contributed by atoms with Crippen LogP contribution in [-0.4, -0.2) is 40.2 Å². The van der Waals surface area contributed by atoms with E-state index in [4.69, 9.17) is 0 Å². The lowest BCUT2D eigenvalue weighted by atomic mass is 10.1. The summed E-state index contributed by atoms with van der Waals surface area (Å²) in [5, 5.41) is 9.70. The number of pyridine rings is 3. The first kappa shape index (κ1) is 26.0. The van der Waals surface area contributed by atoms with Crippen LogP contribution in [0.15, 0.2) is 59.9 Å². The van der Waals surface area contributed by atoms with Crippen LogP contribution < -0.4 is 4.72 Å². The summed E-state index contributed by atoms with van der Waals surface area (Å²) in [4.78, 5) is 11.5. The van der Waals surface area contributed by atoms with Gasteiger partial charge in [0.25, 0.3) is 0 Å². The van der Waals surface area contributed by atoms with Gasteiger partial charge in [-0.1, -0.05) is 6.07 Å². The molecule has 0 unspecified atom stereocenters. The van der Waals surface area contributed by atoms with Crippen molar-refractivity contribution in [2.45, 2.75) is 30.2 Å². The molecule has 0 aliphatic rings. The third-order valence-corrected chi connectivity index (χ3v) is 6.76. The summed E-state index contributed by atoms with van der Waals surface area (Å²) in [7, 11) is -4.62. The number of nitrogens with zero attached hydrogens (tertiary/aromatic N) is 5. The molecule has 4 heterocycles. The zero-order valence-corrected chi connectivity index (χ0v) is 19.3. The Hall–Kier alpha value is -4.03. The lowest BCUT2D eigenvalue weighted by Crippen LogP contribution is -2.42. The molecule has 4 aromatic rings. The second-order valence-corrected chi connectivity index (χ2v) is 9.43. The molecular formula is C22H14F6N6O2S. The van der Waals surface area contributed by atoms with Crippen LogP contribution in [0.2, 0.25) is 0 Å². The fourth-order valence-electron chi connectivity index (χ4n) is 3.43. The van der Waals surface area contributed by atoms with Crippen LogP contribution in [-0.2, 0) is 16.2 Å². The fraction of sp³-hybridized carbons (Fsp3) is 0.182. The quantitative estimate of drug-likeness (QED) is 0.370. The van der Waals surface area contributed by atoms with Crippen LogP contribution in [0.1, 0.15) is 18.1 Å². The van der Waals surface area contributed by atoms with Gasteiger partial charge in [-0.25, -0.2) is 18.4 Å². The Kier molecular flexibility index (Phi) is 6.42. The maximum atomic E-state index is 13.3. The molecule has 0 amide bonds. The van der Waals surface area contributed by atoms with Crippen molar-refractivity contribution in [2.75, 3.05) is 0 Å². The van der Waals surface area contributed by atoms with Crippen molar-refractivity contribution in [3.8, 4) is 23.3 Å². The second-order valence-electron chi connectivity index (χ2n) is 7.72. The number of fused-ring (bicyclic) bond motifs is 1. The van der Waals surface area contributed by atoms with Crippen molar-refractivity contribution >= 4 is 21.1 Å². The molecular weight excluding hydrogens is 526 g/mol. The van der Waals surface area contributed by atoms with E-state index in [1.807, 2.05) is 6.07 Å². The van der Waals surface area contributed by atoms with Gasteiger partial charge in [0.05, 0.1) is 22.5 Å². The maximum Gasteiger partial charge on any atom is 0.417 e. The molecule has 8 nitrogen and oxygen atoms in total. The first-order valence-corrected chi connectivity index (χ1v) is 11.7. The predicted octanol–water partition coefficient (Wildman–Crippen LogP) is 4.60. The predicted molar refractivity (Wildman–Crippen MR) is 118 cm³/mol. The highest BCUT2D eigenvalue weighted by Gasteiger charge is 2.39. The van der Waals surface area contributed by atoms with Gasteiger partial charge in [-0.3, -0.25) is 9.55 Å². The number of halogens is 6. The van der Waals surface area contributed by atoms with Crippen LogP contribution in [0.3, 0.4) is 0 Å². The molecule has 192 valence electrons. The number of alkyl halides is 6. The Labute approximate surface area is 205 Å². The highest BCUT2D eigenvalue weighted by atomic mass is 32.2. The molecule has 15 heteroatoms. The van der Waals surface area contributed by atoms with Gasteiger partial charge in [-0.2, -0.15) is 36.3 Å². The minimum atomic E-state index is -4.83. The van der Waals surface area contributed by atoms with Crippen molar-refractivity contribution in [3.05, 3.63) is 66.1 Å². The third kappa shape index (κ3) is 4.98. The molecule has 0 aromatic carbocycles. The van der Waals surface area contributed by atoms with Gasteiger partial charge < -0.3 is 0 Å². The topological polar surface area (TPSA) is 114 Å². The lowest BCUT2D eigenvalue weighted by molar-refractivity contribution is -0.147. The van der Waals surface area contributed by atoms with E-state index in [9.17, 15) is 40.0 Å². The Morgan fingerprint density at radius 2 is 1.76 bits per heavy atom. The SMILES string of the molecule is C[C@H](NS(=O)(=O)c1ccc(-c2c(C#N)c3cc(C(F)(F)F)cnc3n2-c2ccccn2)nc1)C(F)(F)F. The van der Waals surface area contributed by atoms with Gasteiger partial charge in [0, 0.05) is 24.0 Å². The number of nitrogens with one attached hydrogen (secondary N) is 1. The summed E-state index contributed by atoms with van der Waals surface area (Å²) < 4.78 is 106. The Morgan fingerprint density at radius 3 is 2.30 bits per heavy atom. The zero-order chi connectivity index (χ0) is 27.2. The summed E-state index contributed by atoms with van der Waals surface area (Å²) in [6.07, 6.45) is -6.79. The molecule has 0 radical (unpaired) electrons. The number of rotatable bonds is 5. The Morgan fingerprint density at radius 1 is 1.03 bits per heavy atom. The van der Waals surface area contributed by atoms with E-state index in [1.54, 1.807) is 12.1 Å². The van der Waals surface area contributed by atoms with E-state index in [0.717, 1.165) is 24.4 Å². The van der Waals surface area contributed by atoms with Gasteiger partial charge in [-0.05, 0) is 37.3 Å². The highest BCUT2D eigenvalue weighted by molar-refractivity contribution is 7.89. The average Bonchev–Trinajstić information content (AvgIpc) is 3.17. The summed E-state index contributed by atoms with van der Waals surface area (Å²) in [6, 6.07) is 6.98. The fourth-order valence-corrected chi connectivity index (χ4v) is 4.61. The molecule has 0 aliphatic carbocycles. The first-order valence-electron chi connectivity index (χ1n) is 10.2. The maximum absolute atomic E-state index is 13.3. The molecule has 37 heavy (non-hydrogen) atoms. The minimum Gasteiger partial charge on any atom is -0.275 e. The van der Waals surface area contributed by atoms with E-state index in [0.29, 0.717) is 13.1 Å². The van der Waals surface area contributed by atoms with E-state index in [-0.39, 0.29) is 33.8 Å². The molecule has 0 spiro atoms. The van der Waals surface area contributed by atoms with E-state index >= 15 is 0 Å². The number of aromatic nitrogens is 4. The lowest BCUT2D eigenvalue weighted by Gasteiger charge is -2.17. The largest absolute Gasteiger partial charge is 0.417 e. The second kappa shape index (κ2) is 9.12. The molecule has 4 aromatic heterocycles. The van der Waals surface area contributed by atoms with Crippen LogP contribution >= 0.6 is 0 Å². The monoisotopic (exact) mass is 540 g/mol. The molecule has 4 rings (SSSR count). The number of hydrogen-bond donors (Lipinski definition) is 1. The van der Waals surface area contributed by atoms with Gasteiger partial charge in [0.15, 0.2) is 0 Å². The van der Waals surface area contributed by atoms with Gasteiger partial charge in [0.1, 0.15) is 28.5 Å². The Balaban J connectivity index is 1.91. The van der Waals surface area contributed by atoms with Crippen molar-refractivity contribution in [1.29, 1.82) is 5.26 Å². The highest BCUT2D eigenvalue weighted by Crippen LogP contribution is 2.37. The molecule has 0 aliphatic heterocycles. The van der Waals surface area contributed by atoms with E-state index in [2.05, 4.69) is 15.0 Å². The molecule has 0 bridgehead atoms. The summed E-state index contributed by atoms with van der Waals surface area (Å²) in [5.74, 6) is 0.176. The molecule has 0 saturated carbocycles. The zero-order valence-electron chi connectivity index (χ0n) is 18.5. The molecule has 0 saturated heterocycles. The third-order valence-electron chi connectivity index (χ3n) is 5.24. The summed E-state index contributed by atoms with van der Waals surface area (Å²) in [6.45, 7) is 0.631. The minimum absolute atomic E-state index is 0.0383. The number of nitriles is 1.